The average molecular weight is 343 g/mol. The standard InChI is InChI=1S/C15H23BrN2O2/c1-11(2)6-8-18-15(19)10-20-14-4-3-13(16)9-12(14)5-7-17/h3-4,9,11H,5-8,10,17H2,1-2H3,(H,18,19). The number of carbonyl (C=O) groups is 1. The van der Waals surface area contributed by atoms with E-state index in [0.29, 0.717) is 19.0 Å². The number of nitrogens with one attached hydrogen (secondary N) is 1. The van der Waals surface area contributed by atoms with Crippen molar-refractivity contribution in [1.29, 1.82) is 0 Å². The minimum Gasteiger partial charge on any atom is -0.483 e. The van der Waals surface area contributed by atoms with Crippen molar-refractivity contribution in [2.24, 2.45) is 11.7 Å². The van der Waals surface area contributed by atoms with Crippen molar-refractivity contribution < 1.29 is 9.53 Å². The predicted octanol–water partition coefficient (Wildman–Crippen LogP) is 2.49. The molecule has 5 heteroatoms. The summed E-state index contributed by atoms with van der Waals surface area (Å²) in [4.78, 5) is 11.7. The molecule has 0 aliphatic rings. The number of rotatable bonds is 8. The van der Waals surface area contributed by atoms with Crippen LogP contribution in [0.1, 0.15) is 25.8 Å². The molecule has 1 rings (SSSR count). The van der Waals surface area contributed by atoms with Crippen LogP contribution >= 0.6 is 15.9 Å². The lowest BCUT2D eigenvalue weighted by atomic mass is 10.1. The minimum atomic E-state index is -0.0905. The molecule has 1 aromatic rings. The molecule has 0 aliphatic heterocycles. The first-order chi connectivity index (χ1) is 9.52. The van der Waals surface area contributed by atoms with E-state index in [0.717, 1.165) is 28.6 Å². The second-order valence-corrected chi connectivity index (χ2v) is 6.03. The molecule has 0 unspecified atom stereocenters. The monoisotopic (exact) mass is 342 g/mol. The van der Waals surface area contributed by atoms with Gasteiger partial charge >= 0.3 is 0 Å². The number of hydrogen-bond acceptors (Lipinski definition) is 3. The van der Waals surface area contributed by atoms with Crippen molar-refractivity contribution in [1.82, 2.24) is 5.32 Å². The van der Waals surface area contributed by atoms with E-state index < -0.39 is 0 Å². The van der Waals surface area contributed by atoms with E-state index in [9.17, 15) is 4.79 Å². The summed E-state index contributed by atoms with van der Waals surface area (Å²) in [6.07, 6.45) is 1.70. The minimum absolute atomic E-state index is 0.0390. The Morgan fingerprint density at radius 2 is 2.20 bits per heavy atom. The van der Waals surface area contributed by atoms with Crippen LogP contribution in [-0.4, -0.2) is 25.6 Å². The van der Waals surface area contributed by atoms with Crippen LogP contribution in [0.3, 0.4) is 0 Å². The van der Waals surface area contributed by atoms with Crippen LogP contribution in [0.2, 0.25) is 0 Å². The molecule has 0 aromatic heterocycles. The number of nitrogens with two attached hydrogens (primary N) is 1. The zero-order valence-corrected chi connectivity index (χ0v) is 13.7. The van der Waals surface area contributed by atoms with Gasteiger partial charge in [0.05, 0.1) is 0 Å². The van der Waals surface area contributed by atoms with Gasteiger partial charge in [0, 0.05) is 11.0 Å². The van der Waals surface area contributed by atoms with Crippen LogP contribution < -0.4 is 15.8 Å². The first-order valence-corrected chi connectivity index (χ1v) is 7.70. The Kier molecular flexibility index (Phi) is 7.62. The third-order valence-corrected chi connectivity index (χ3v) is 3.33. The van der Waals surface area contributed by atoms with Gasteiger partial charge in [-0.1, -0.05) is 29.8 Å². The summed E-state index contributed by atoms with van der Waals surface area (Å²) in [6.45, 7) is 5.54. The molecule has 0 atom stereocenters. The van der Waals surface area contributed by atoms with Crippen LogP contribution in [0.25, 0.3) is 0 Å². The second-order valence-electron chi connectivity index (χ2n) is 5.11. The number of benzene rings is 1. The summed E-state index contributed by atoms with van der Waals surface area (Å²) in [7, 11) is 0. The van der Waals surface area contributed by atoms with E-state index in [1.54, 1.807) is 0 Å². The third-order valence-electron chi connectivity index (χ3n) is 2.84. The zero-order valence-electron chi connectivity index (χ0n) is 12.1. The van der Waals surface area contributed by atoms with Crippen molar-refractivity contribution in [3.8, 4) is 5.75 Å². The molecule has 0 aliphatic carbocycles. The van der Waals surface area contributed by atoms with Crippen molar-refractivity contribution in [3.63, 3.8) is 0 Å². The van der Waals surface area contributed by atoms with E-state index >= 15 is 0 Å². The average Bonchev–Trinajstić information content (AvgIpc) is 2.37. The Hall–Kier alpha value is -1.07. The lowest BCUT2D eigenvalue weighted by Crippen LogP contribution is -2.30. The Labute approximate surface area is 129 Å². The molecule has 0 radical (unpaired) electrons. The fourth-order valence-electron chi connectivity index (χ4n) is 1.73. The first-order valence-electron chi connectivity index (χ1n) is 6.91. The van der Waals surface area contributed by atoms with Crippen molar-refractivity contribution in [3.05, 3.63) is 28.2 Å². The lowest BCUT2D eigenvalue weighted by Gasteiger charge is -2.12. The van der Waals surface area contributed by atoms with Crippen molar-refractivity contribution in [2.45, 2.75) is 26.7 Å². The van der Waals surface area contributed by atoms with Crippen molar-refractivity contribution in [2.75, 3.05) is 19.7 Å². The Morgan fingerprint density at radius 3 is 2.85 bits per heavy atom. The molecule has 1 aromatic carbocycles. The van der Waals surface area contributed by atoms with Crippen LogP contribution in [-0.2, 0) is 11.2 Å². The SMILES string of the molecule is CC(C)CCNC(=O)COc1ccc(Br)cc1CCN. The number of halogens is 1. The van der Waals surface area contributed by atoms with Crippen LogP contribution in [0.15, 0.2) is 22.7 Å². The van der Waals surface area contributed by atoms with E-state index in [4.69, 9.17) is 10.5 Å². The summed E-state index contributed by atoms with van der Waals surface area (Å²) in [6, 6.07) is 5.72. The molecular formula is C15H23BrN2O2. The fraction of sp³-hybridized carbons (Fsp3) is 0.533. The first kappa shape index (κ1) is 17.0. The summed E-state index contributed by atoms with van der Waals surface area (Å²) < 4.78 is 6.56. The quantitative estimate of drug-likeness (QED) is 0.762. The van der Waals surface area contributed by atoms with Gasteiger partial charge in [-0.25, -0.2) is 0 Å². The molecule has 0 spiro atoms. The predicted molar refractivity (Wildman–Crippen MR) is 84.9 cm³/mol. The molecule has 4 nitrogen and oxygen atoms in total. The number of amides is 1. The molecule has 0 heterocycles. The lowest BCUT2D eigenvalue weighted by molar-refractivity contribution is -0.123. The molecule has 0 saturated heterocycles. The van der Waals surface area contributed by atoms with Crippen molar-refractivity contribution >= 4 is 21.8 Å². The highest BCUT2D eigenvalue weighted by atomic mass is 79.9. The van der Waals surface area contributed by atoms with Gasteiger partial charge in [0.1, 0.15) is 5.75 Å². The maximum Gasteiger partial charge on any atom is 0.257 e. The third kappa shape index (κ3) is 6.39. The van der Waals surface area contributed by atoms with Gasteiger partial charge in [0.15, 0.2) is 6.61 Å². The number of hydrogen-bond donors (Lipinski definition) is 2. The van der Waals surface area contributed by atoms with Gasteiger partial charge in [-0.15, -0.1) is 0 Å². The topological polar surface area (TPSA) is 64.3 Å². The van der Waals surface area contributed by atoms with Gasteiger partial charge < -0.3 is 15.8 Å². The highest BCUT2D eigenvalue weighted by Gasteiger charge is 2.07. The van der Waals surface area contributed by atoms with Crippen LogP contribution in [0.5, 0.6) is 5.75 Å². The molecule has 3 N–H and O–H groups in total. The van der Waals surface area contributed by atoms with E-state index in [1.807, 2.05) is 18.2 Å². The van der Waals surface area contributed by atoms with E-state index in [-0.39, 0.29) is 12.5 Å². The molecule has 0 bridgehead atoms. The van der Waals surface area contributed by atoms with Gasteiger partial charge in [-0.05, 0) is 49.1 Å². The summed E-state index contributed by atoms with van der Waals surface area (Å²) in [5.74, 6) is 1.21. The van der Waals surface area contributed by atoms with Crippen LogP contribution in [0.4, 0.5) is 0 Å². The van der Waals surface area contributed by atoms with Gasteiger partial charge in [0.25, 0.3) is 5.91 Å². The smallest absolute Gasteiger partial charge is 0.257 e. The Bertz CT molecular complexity index is 436. The second kappa shape index (κ2) is 8.97. The molecule has 1 amide bonds. The summed E-state index contributed by atoms with van der Waals surface area (Å²) in [5, 5.41) is 2.85. The Morgan fingerprint density at radius 1 is 1.45 bits per heavy atom. The summed E-state index contributed by atoms with van der Waals surface area (Å²) >= 11 is 3.42. The van der Waals surface area contributed by atoms with E-state index in [2.05, 4.69) is 35.1 Å². The maximum atomic E-state index is 11.7. The fourth-order valence-corrected chi connectivity index (χ4v) is 2.14. The molecule has 0 saturated carbocycles. The zero-order chi connectivity index (χ0) is 15.0. The molecular weight excluding hydrogens is 320 g/mol. The molecule has 0 fully saturated rings. The maximum absolute atomic E-state index is 11.7. The largest absolute Gasteiger partial charge is 0.483 e. The van der Waals surface area contributed by atoms with Gasteiger partial charge in [-0.3, -0.25) is 4.79 Å². The molecule has 112 valence electrons. The normalized spacial score (nSPS) is 10.7. The highest BCUT2D eigenvalue weighted by Crippen LogP contribution is 2.23. The Balaban J connectivity index is 2.46. The number of ether oxygens (including phenoxy) is 1. The molecule has 20 heavy (non-hydrogen) atoms. The van der Waals surface area contributed by atoms with Crippen LogP contribution in [0, 0.1) is 5.92 Å². The summed E-state index contributed by atoms with van der Waals surface area (Å²) in [5.41, 5.74) is 6.59. The highest BCUT2D eigenvalue weighted by molar-refractivity contribution is 9.10. The van der Waals surface area contributed by atoms with Gasteiger partial charge in [0.2, 0.25) is 0 Å². The number of carbonyl (C=O) groups excluding carboxylic acids is 1. The van der Waals surface area contributed by atoms with E-state index in [1.165, 1.54) is 0 Å². The van der Waals surface area contributed by atoms with Gasteiger partial charge in [-0.2, -0.15) is 0 Å².